The summed E-state index contributed by atoms with van der Waals surface area (Å²) >= 11 is 3.50. The van der Waals surface area contributed by atoms with Crippen LogP contribution in [0.2, 0.25) is 0 Å². The second-order valence-electron chi connectivity index (χ2n) is 4.00. The molecule has 0 spiro atoms. The van der Waals surface area contributed by atoms with E-state index in [4.69, 9.17) is 0 Å². The maximum Gasteiger partial charge on any atom is 0.0774 e. The number of nitrogens with zero attached hydrogens (tertiary/aromatic N) is 1. The molecule has 1 aliphatic heterocycles. The van der Waals surface area contributed by atoms with Crippen LogP contribution in [0.25, 0.3) is 0 Å². The smallest absolute Gasteiger partial charge is 0.0774 e. The van der Waals surface area contributed by atoms with Gasteiger partial charge in [-0.25, -0.2) is 0 Å². The van der Waals surface area contributed by atoms with E-state index in [9.17, 15) is 0 Å². The summed E-state index contributed by atoms with van der Waals surface area (Å²) < 4.78 is 0. The molecule has 3 heteroatoms. The predicted octanol–water partition coefficient (Wildman–Crippen LogP) is 5.12. The van der Waals surface area contributed by atoms with Crippen molar-refractivity contribution in [3.63, 3.8) is 0 Å². The van der Waals surface area contributed by atoms with Crippen molar-refractivity contribution in [3.05, 3.63) is 60.1 Å². The third kappa shape index (κ3) is 1.93. The van der Waals surface area contributed by atoms with Crippen LogP contribution in [-0.4, -0.2) is 6.26 Å². The Morgan fingerprint density at radius 2 is 1.89 bits per heavy atom. The number of anilines is 2. The fourth-order valence-corrected chi connectivity index (χ4v) is 3.43. The fourth-order valence-electron chi connectivity index (χ4n) is 2.05. The quantitative estimate of drug-likeness (QED) is 0.698. The Morgan fingerprint density at radius 3 is 2.61 bits per heavy atom. The fraction of sp³-hybridized carbons (Fsp3) is 0.0667. The van der Waals surface area contributed by atoms with Crippen LogP contribution in [0.4, 0.5) is 11.4 Å². The monoisotopic (exact) mass is 271 g/mol. The first kappa shape index (κ1) is 11.8. The molecule has 2 aromatic rings. The summed E-state index contributed by atoms with van der Waals surface area (Å²) in [5, 5.41) is 1.06. The Bertz CT molecular complexity index is 593. The minimum absolute atomic E-state index is 1.06. The number of benzene rings is 2. The van der Waals surface area contributed by atoms with Crippen LogP contribution in [0.3, 0.4) is 0 Å². The molecule has 0 bridgehead atoms. The van der Waals surface area contributed by atoms with Gasteiger partial charge in [0, 0.05) is 15.5 Å². The van der Waals surface area contributed by atoms with E-state index in [-0.39, 0.29) is 0 Å². The number of hydrogen-bond acceptors (Lipinski definition) is 3. The molecular formula is C15H13NS2. The molecule has 18 heavy (non-hydrogen) atoms. The van der Waals surface area contributed by atoms with Crippen LogP contribution in [-0.2, 0) is 0 Å². The highest BCUT2D eigenvalue weighted by Gasteiger charge is 2.25. The molecule has 1 nitrogen and oxygen atoms in total. The highest BCUT2D eigenvalue weighted by molar-refractivity contribution is 8.03. The molecule has 0 radical (unpaired) electrons. The molecule has 0 unspecified atom stereocenters. The molecule has 1 aliphatic rings. The van der Waals surface area contributed by atoms with Gasteiger partial charge in [-0.1, -0.05) is 36.5 Å². The van der Waals surface area contributed by atoms with Crippen molar-refractivity contribution in [3.8, 4) is 0 Å². The summed E-state index contributed by atoms with van der Waals surface area (Å²) in [6.07, 6.45) is 2.10. The Balaban J connectivity index is 2.11. The van der Waals surface area contributed by atoms with Crippen molar-refractivity contribution in [1.82, 2.24) is 0 Å². The minimum atomic E-state index is 1.06. The summed E-state index contributed by atoms with van der Waals surface area (Å²) in [5.41, 5.74) is 2.41. The van der Waals surface area contributed by atoms with E-state index in [1.165, 1.54) is 21.2 Å². The highest BCUT2D eigenvalue weighted by Crippen LogP contribution is 2.49. The maximum atomic E-state index is 4.16. The zero-order valence-corrected chi connectivity index (χ0v) is 11.7. The summed E-state index contributed by atoms with van der Waals surface area (Å²) in [6, 6.07) is 17.0. The van der Waals surface area contributed by atoms with E-state index in [0.29, 0.717) is 0 Å². The van der Waals surface area contributed by atoms with Crippen molar-refractivity contribution in [1.29, 1.82) is 0 Å². The van der Waals surface area contributed by atoms with E-state index in [2.05, 4.69) is 60.2 Å². The zero-order valence-electron chi connectivity index (χ0n) is 10.1. The van der Waals surface area contributed by atoms with Crippen LogP contribution in [0.1, 0.15) is 0 Å². The average molecular weight is 271 g/mol. The second kappa shape index (κ2) is 4.75. The normalized spacial score (nSPS) is 13.8. The van der Waals surface area contributed by atoms with Crippen LogP contribution in [0.5, 0.6) is 0 Å². The summed E-state index contributed by atoms with van der Waals surface area (Å²) in [6.45, 7) is 4.16. The van der Waals surface area contributed by atoms with Crippen LogP contribution in [0.15, 0.2) is 69.9 Å². The number of fused-ring (bicyclic) bond motifs is 1. The second-order valence-corrected chi connectivity index (χ2v) is 6.00. The Kier molecular flexibility index (Phi) is 3.10. The number of thioether (sulfide) groups is 2. The molecule has 0 saturated heterocycles. The third-order valence-electron chi connectivity index (χ3n) is 2.90. The molecule has 90 valence electrons. The number of rotatable bonds is 2. The molecular weight excluding hydrogens is 258 g/mol. The van der Waals surface area contributed by atoms with Crippen molar-refractivity contribution in [2.45, 2.75) is 9.79 Å². The van der Waals surface area contributed by atoms with Gasteiger partial charge in [0.25, 0.3) is 0 Å². The van der Waals surface area contributed by atoms with Crippen LogP contribution < -0.4 is 4.90 Å². The predicted molar refractivity (Wildman–Crippen MR) is 81.8 cm³/mol. The summed E-state index contributed by atoms with van der Waals surface area (Å²) in [7, 11) is 0. The summed E-state index contributed by atoms with van der Waals surface area (Å²) in [5.74, 6) is 0. The van der Waals surface area contributed by atoms with Crippen LogP contribution in [0, 0.1) is 0 Å². The first-order valence-electron chi connectivity index (χ1n) is 5.69. The van der Waals surface area contributed by atoms with Gasteiger partial charge in [0.1, 0.15) is 0 Å². The van der Waals surface area contributed by atoms with E-state index >= 15 is 0 Å². The highest BCUT2D eigenvalue weighted by atomic mass is 32.2. The van der Waals surface area contributed by atoms with Gasteiger partial charge in [0.15, 0.2) is 0 Å². The van der Waals surface area contributed by atoms with E-state index < -0.39 is 0 Å². The van der Waals surface area contributed by atoms with E-state index in [1.807, 2.05) is 6.07 Å². The van der Waals surface area contributed by atoms with Gasteiger partial charge >= 0.3 is 0 Å². The Labute approximate surface area is 116 Å². The first-order valence-corrected chi connectivity index (χ1v) is 7.73. The van der Waals surface area contributed by atoms with E-state index in [0.717, 1.165) is 5.03 Å². The van der Waals surface area contributed by atoms with Gasteiger partial charge in [0.05, 0.1) is 10.7 Å². The molecule has 3 rings (SSSR count). The first-order chi connectivity index (χ1) is 8.79. The topological polar surface area (TPSA) is 3.24 Å². The molecule has 0 atom stereocenters. The average Bonchev–Trinajstić information content (AvgIpc) is 2.74. The lowest BCUT2D eigenvalue weighted by atomic mass is 10.2. The Hall–Kier alpha value is -1.32. The molecule has 0 amide bonds. The maximum absolute atomic E-state index is 4.16. The van der Waals surface area contributed by atoms with Gasteiger partial charge < -0.3 is 4.90 Å². The number of para-hydroxylation sites is 1. The Morgan fingerprint density at radius 1 is 1.11 bits per heavy atom. The summed E-state index contributed by atoms with van der Waals surface area (Å²) in [4.78, 5) is 4.78. The molecule has 0 aliphatic carbocycles. The van der Waals surface area contributed by atoms with Gasteiger partial charge in [-0.05, 0) is 36.6 Å². The van der Waals surface area contributed by atoms with Gasteiger partial charge in [-0.3, -0.25) is 0 Å². The van der Waals surface area contributed by atoms with Crippen LogP contribution >= 0.6 is 23.5 Å². The van der Waals surface area contributed by atoms with Gasteiger partial charge in [-0.15, -0.1) is 11.8 Å². The van der Waals surface area contributed by atoms with E-state index in [1.54, 1.807) is 23.5 Å². The molecule has 2 aromatic carbocycles. The van der Waals surface area contributed by atoms with Gasteiger partial charge in [0.2, 0.25) is 0 Å². The van der Waals surface area contributed by atoms with Gasteiger partial charge in [-0.2, -0.15) is 0 Å². The molecule has 0 fully saturated rings. The lowest BCUT2D eigenvalue weighted by molar-refractivity contribution is 1.23. The standard InChI is InChI=1S/C15H13NS2/c1-11-16(12-6-4-3-5-7-12)14-10-13(17-2)8-9-15(14)18-11/h3-10H,1H2,2H3. The SMILES string of the molecule is C=C1Sc2ccc(SC)cc2N1c1ccccc1. The lowest BCUT2D eigenvalue weighted by Gasteiger charge is -2.20. The number of hydrogen-bond donors (Lipinski definition) is 0. The van der Waals surface area contributed by atoms with Crippen molar-refractivity contribution >= 4 is 34.9 Å². The molecule has 0 aromatic heterocycles. The largest absolute Gasteiger partial charge is 0.304 e. The lowest BCUT2D eigenvalue weighted by Crippen LogP contribution is -2.08. The zero-order chi connectivity index (χ0) is 12.5. The molecule has 1 heterocycles. The minimum Gasteiger partial charge on any atom is -0.304 e. The van der Waals surface area contributed by atoms with Crippen molar-refractivity contribution in [2.75, 3.05) is 11.2 Å². The van der Waals surface area contributed by atoms with Crippen molar-refractivity contribution < 1.29 is 0 Å². The third-order valence-corrected chi connectivity index (χ3v) is 4.61. The van der Waals surface area contributed by atoms with Crippen molar-refractivity contribution in [2.24, 2.45) is 0 Å². The molecule has 0 N–H and O–H groups in total. The molecule has 0 saturated carbocycles.